The summed E-state index contributed by atoms with van der Waals surface area (Å²) < 4.78 is 11.0. The van der Waals surface area contributed by atoms with Crippen LogP contribution in [-0.2, 0) is 0 Å². The molecule has 0 unspecified atom stereocenters. The van der Waals surface area contributed by atoms with E-state index in [0.29, 0.717) is 22.9 Å². The highest BCUT2D eigenvalue weighted by Crippen LogP contribution is 2.26. The second kappa shape index (κ2) is 6.75. The standard InChI is InChI=1S/C19H16N2O3/c20-13-6-8-15(9-7-13)23-16-10-11-17(18(21)12-16)19(22)24-14-4-2-1-3-5-14/h1-12H,20-21H2. The first-order valence-electron chi connectivity index (χ1n) is 7.32. The Balaban J connectivity index is 1.74. The van der Waals surface area contributed by atoms with E-state index in [1.54, 1.807) is 66.7 Å². The van der Waals surface area contributed by atoms with Gasteiger partial charge in [-0.2, -0.15) is 0 Å². The average molecular weight is 320 g/mol. The number of ether oxygens (including phenoxy) is 2. The molecule has 3 aromatic carbocycles. The van der Waals surface area contributed by atoms with Crippen LogP contribution in [0.1, 0.15) is 10.4 Å². The number of carbonyl (C=O) groups is 1. The fraction of sp³-hybridized carbons (Fsp3) is 0. The summed E-state index contributed by atoms with van der Waals surface area (Å²) in [6.45, 7) is 0. The molecule has 0 fully saturated rings. The highest BCUT2D eigenvalue weighted by atomic mass is 16.5. The molecule has 0 aliphatic heterocycles. The minimum Gasteiger partial charge on any atom is -0.457 e. The molecule has 3 aromatic rings. The molecule has 5 heteroatoms. The Labute approximate surface area is 139 Å². The molecule has 4 N–H and O–H groups in total. The first-order valence-corrected chi connectivity index (χ1v) is 7.32. The number of nitrogen functional groups attached to an aromatic ring is 2. The molecule has 3 rings (SSSR count). The van der Waals surface area contributed by atoms with Crippen molar-refractivity contribution >= 4 is 17.3 Å². The van der Waals surface area contributed by atoms with Gasteiger partial charge in [-0.25, -0.2) is 4.79 Å². The van der Waals surface area contributed by atoms with Crippen LogP contribution < -0.4 is 20.9 Å². The molecular weight excluding hydrogens is 304 g/mol. The molecule has 0 spiro atoms. The van der Waals surface area contributed by atoms with E-state index in [9.17, 15) is 4.79 Å². The van der Waals surface area contributed by atoms with Crippen LogP contribution in [0.5, 0.6) is 17.2 Å². The third-order valence-electron chi connectivity index (χ3n) is 3.31. The maximum atomic E-state index is 12.2. The minimum atomic E-state index is -0.516. The Bertz CT molecular complexity index is 846. The molecule has 0 atom stereocenters. The number of para-hydroxylation sites is 1. The van der Waals surface area contributed by atoms with E-state index in [1.807, 2.05) is 6.07 Å². The van der Waals surface area contributed by atoms with E-state index in [2.05, 4.69) is 0 Å². The van der Waals surface area contributed by atoms with E-state index >= 15 is 0 Å². The number of hydrogen-bond acceptors (Lipinski definition) is 5. The zero-order valence-electron chi connectivity index (χ0n) is 12.8. The van der Waals surface area contributed by atoms with Crippen molar-refractivity contribution in [2.45, 2.75) is 0 Å². The van der Waals surface area contributed by atoms with Crippen LogP contribution in [0.2, 0.25) is 0 Å². The van der Waals surface area contributed by atoms with Gasteiger partial charge in [0, 0.05) is 17.4 Å². The minimum absolute atomic E-state index is 0.281. The van der Waals surface area contributed by atoms with Crippen LogP contribution in [0.25, 0.3) is 0 Å². The van der Waals surface area contributed by atoms with Crippen LogP contribution in [0, 0.1) is 0 Å². The molecular formula is C19H16N2O3. The molecule has 0 radical (unpaired) electrons. The average Bonchev–Trinajstić information content (AvgIpc) is 2.58. The third-order valence-corrected chi connectivity index (χ3v) is 3.31. The van der Waals surface area contributed by atoms with Gasteiger partial charge in [0.05, 0.1) is 5.56 Å². The largest absolute Gasteiger partial charge is 0.457 e. The lowest BCUT2D eigenvalue weighted by molar-refractivity contribution is 0.0736. The van der Waals surface area contributed by atoms with Crippen molar-refractivity contribution < 1.29 is 14.3 Å². The lowest BCUT2D eigenvalue weighted by Gasteiger charge is -2.10. The van der Waals surface area contributed by atoms with Crippen LogP contribution in [0.4, 0.5) is 11.4 Å². The Morgan fingerprint density at radius 2 is 1.42 bits per heavy atom. The van der Waals surface area contributed by atoms with Crippen molar-refractivity contribution in [3.63, 3.8) is 0 Å². The van der Waals surface area contributed by atoms with Crippen molar-refractivity contribution in [1.29, 1.82) is 0 Å². The van der Waals surface area contributed by atoms with Crippen LogP contribution in [0.3, 0.4) is 0 Å². The summed E-state index contributed by atoms with van der Waals surface area (Å²) in [7, 11) is 0. The van der Waals surface area contributed by atoms with E-state index in [4.69, 9.17) is 20.9 Å². The van der Waals surface area contributed by atoms with E-state index in [1.165, 1.54) is 0 Å². The quantitative estimate of drug-likeness (QED) is 0.433. The van der Waals surface area contributed by atoms with Crippen molar-refractivity contribution in [3.8, 4) is 17.2 Å². The predicted octanol–water partition coefficient (Wildman–Crippen LogP) is 3.86. The Kier molecular flexibility index (Phi) is 4.34. The molecule has 0 aliphatic rings. The van der Waals surface area contributed by atoms with Gasteiger partial charge < -0.3 is 20.9 Å². The van der Waals surface area contributed by atoms with Gasteiger partial charge in [-0.05, 0) is 48.5 Å². The van der Waals surface area contributed by atoms with Crippen molar-refractivity contribution in [2.24, 2.45) is 0 Å². The van der Waals surface area contributed by atoms with Gasteiger partial charge >= 0.3 is 5.97 Å². The molecule has 0 saturated carbocycles. The first-order chi connectivity index (χ1) is 11.6. The monoisotopic (exact) mass is 320 g/mol. The molecule has 0 aliphatic carbocycles. The topological polar surface area (TPSA) is 87.6 Å². The second-order valence-corrected chi connectivity index (χ2v) is 5.12. The predicted molar refractivity (Wildman–Crippen MR) is 93.2 cm³/mol. The summed E-state index contributed by atoms with van der Waals surface area (Å²) in [4.78, 5) is 12.2. The smallest absolute Gasteiger partial charge is 0.345 e. The van der Waals surface area contributed by atoms with Gasteiger partial charge in [0.15, 0.2) is 0 Å². The second-order valence-electron chi connectivity index (χ2n) is 5.12. The molecule has 0 amide bonds. The molecule has 5 nitrogen and oxygen atoms in total. The Morgan fingerprint density at radius 1 is 0.750 bits per heavy atom. The van der Waals surface area contributed by atoms with Gasteiger partial charge in [0.2, 0.25) is 0 Å². The Morgan fingerprint density at radius 3 is 2.08 bits per heavy atom. The molecule has 0 heterocycles. The summed E-state index contributed by atoms with van der Waals surface area (Å²) in [5, 5.41) is 0. The van der Waals surface area contributed by atoms with E-state index in [0.717, 1.165) is 0 Å². The van der Waals surface area contributed by atoms with E-state index < -0.39 is 5.97 Å². The number of carbonyl (C=O) groups excluding carboxylic acids is 1. The van der Waals surface area contributed by atoms with Crippen LogP contribution in [-0.4, -0.2) is 5.97 Å². The summed E-state index contributed by atoms with van der Waals surface area (Å²) in [6, 6.07) is 20.6. The van der Waals surface area contributed by atoms with Crippen molar-refractivity contribution in [3.05, 3.63) is 78.4 Å². The van der Waals surface area contributed by atoms with E-state index in [-0.39, 0.29) is 11.3 Å². The van der Waals surface area contributed by atoms with Crippen molar-refractivity contribution in [1.82, 2.24) is 0 Å². The Hall–Kier alpha value is -3.47. The third kappa shape index (κ3) is 3.64. The maximum absolute atomic E-state index is 12.2. The number of nitrogens with two attached hydrogens (primary N) is 2. The molecule has 24 heavy (non-hydrogen) atoms. The zero-order valence-corrected chi connectivity index (χ0v) is 12.8. The number of hydrogen-bond donors (Lipinski definition) is 2. The van der Waals surface area contributed by atoms with Gasteiger partial charge in [0.25, 0.3) is 0 Å². The summed E-state index contributed by atoms with van der Waals surface area (Å²) >= 11 is 0. The summed E-state index contributed by atoms with van der Waals surface area (Å²) in [5.74, 6) is 1.10. The molecule has 120 valence electrons. The normalized spacial score (nSPS) is 10.2. The van der Waals surface area contributed by atoms with Crippen LogP contribution in [0.15, 0.2) is 72.8 Å². The molecule has 0 bridgehead atoms. The van der Waals surface area contributed by atoms with Gasteiger partial charge in [-0.1, -0.05) is 18.2 Å². The fourth-order valence-corrected chi connectivity index (χ4v) is 2.11. The fourth-order valence-electron chi connectivity index (χ4n) is 2.11. The summed E-state index contributed by atoms with van der Waals surface area (Å²) in [6.07, 6.45) is 0. The highest BCUT2D eigenvalue weighted by molar-refractivity contribution is 5.96. The SMILES string of the molecule is Nc1ccc(Oc2ccc(C(=O)Oc3ccccc3)c(N)c2)cc1. The summed E-state index contributed by atoms with van der Waals surface area (Å²) in [5.41, 5.74) is 12.8. The van der Waals surface area contributed by atoms with Crippen molar-refractivity contribution in [2.75, 3.05) is 11.5 Å². The van der Waals surface area contributed by atoms with Gasteiger partial charge in [0.1, 0.15) is 17.2 Å². The number of rotatable bonds is 4. The van der Waals surface area contributed by atoms with Crippen LogP contribution >= 0.6 is 0 Å². The lowest BCUT2D eigenvalue weighted by Crippen LogP contribution is -2.11. The van der Waals surface area contributed by atoms with Gasteiger partial charge in [-0.3, -0.25) is 0 Å². The maximum Gasteiger partial charge on any atom is 0.345 e. The number of anilines is 2. The zero-order chi connectivity index (χ0) is 16.9. The highest BCUT2D eigenvalue weighted by Gasteiger charge is 2.13. The lowest BCUT2D eigenvalue weighted by atomic mass is 10.1. The molecule has 0 saturated heterocycles. The molecule has 0 aromatic heterocycles. The first kappa shape index (κ1) is 15.4. The number of esters is 1. The number of benzene rings is 3. The van der Waals surface area contributed by atoms with Gasteiger partial charge in [-0.15, -0.1) is 0 Å².